The Hall–Kier alpha value is -1.48. The van der Waals surface area contributed by atoms with Crippen LogP contribution in [0.5, 0.6) is 0 Å². The lowest BCUT2D eigenvalue weighted by molar-refractivity contribution is -0.0372. The number of aromatic nitrogens is 4. The molecule has 6 nitrogen and oxygen atoms in total. The average molecular weight is 424 g/mol. The molecule has 0 radical (unpaired) electrons. The van der Waals surface area contributed by atoms with Crippen molar-refractivity contribution >= 4 is 33.6 Å². The van der Waals surface area contributed by atoms with Gasteiger partial charge >= 0.3 is 0 Å². The molecule has 0 aliphatic carbocycles. The van der Waals surface area contributed by atoms with Crippen molar-refractivity contribution in [3.05, 3.63) is 27.3 Å². The van der Waals surface area contributed by atoms with Crippen molar-refractivity contribution in [2.45, 2.75) is 39.3 Å². The molecule has 1 aliphatic rings. The number of ether oxygens (including phenoxy) is 1. The smallest absolute Gasteiger partial charge is 0.162 e. The summed E-state index contributed by atoms with van der Waals surface area (Å²) in [6.07, 6.45) is 3.23. The van der Waals surface area contributed by atoms with Crippen LogP contribution in [0.1, 0.15) is 36.9 Å². The summed E-state index contributed by atoms with van der Waals surface area (Å²) in [5.74, 6) is 0.782. The van der Waals surface area contributed by atoms with Crippen molar-refractivity contribution in [1.29, 1.82) is 0 Å². The first-order valence-electron chi connectivity index (χ1n) is 7.75. The van der Waals surface area contributed by atoms with Gasteiger partial charge in [-0.1, -0.05) is 5.16 Å². The summed E-state index contributed by atoms with van der Waals surface area (Å²) < 4.78 is 14.0. The SMILES string of the molecule is Cc1noc(C)c1-c1ccc2c(I)nn(C3CCCCO3)c2n1. The summed E-state index contributed by atoms with van der Waals surface area (Å²) in [5.41, 5.74) is 3.53. The topological polar surface area (TPSA) is 66.0 Å². The first-order valence-corrected chi connectivity index (χ1v) is 8.82. The fourth-order valence-electron chi connectivity index (χ4n) is 3.09. The van der Waals surface area contributed by atoms with Crippen LogP contribution in [0.4, 0.5) is 0 Å². The van der Waals surface area contributed by atoms with Gasteiger partial charge in [0.2, 0.25) is 0 Å². The molecule has 4 rings (SSSR count). The lowest BCUT2D eigenvalue weighted by Crippen LogP contribution is -2.19. The lowest BCUT2D eigenvalue weighted by atomic mass is 10.1. The molecule has 1 fully saturated rings. The van der Waals surface area contributed by atoms with Crippen LogP contribution in [0.25, 0.3) is 22.3 Å². The summed E-state index contributed by atoms with van der Waals surface area (Å²) in [5, 5.41) is 9.74. The Morgan fingerprint density at radius 3 is 2.83 bits per heavy atom. The third-order valence-electron chi connectivity index (χ3n) is 4.23. The molecule has 23 heavy (non-hydrogen) atoms. The van der Waals surface area contributed by atoms with Gasteiger partial charge in [0.25, 0.3) is 0 Å². The Balaban J connectivity index is 1.87. The highest BCUT2D eigenvalue weighted by Gasteiger charge is 2.22. The van der Waals surface area contributed by atoms with E-state index in [9.17, 15) is 0 Å². The van der Waals surface area contributed by atoms with Crippen LogP contribution in [0.2, 0.25) is 0 Å². The van der Waals surface area contributed by atoms with E-state index in [0.717, 1.165) is 63.3 Å². The fourth-order valence-corrected chi connectivity index (χ4v) is 3.74. The molecule has 120 valence electrons. The summed E-state index contributed by atoms with van der Waals surface area (Å²) in [4.78, 5) is 4.85. The standard InChI is InChI=1S/C16H17IN4O2/c1-9-14(10(2)23-20-9)12-7-6-11-15(17)19-21(16(11)18-12)13-5-3-4-8-22-13/h6-7,13H,3-5,8H2,1-2H3. The van der Waals surface area contributed by atoms with E-state index in [4.69, 9.17) is 14.2 Å². The van der Waals surface area contributed by atoms with Gasteiger partial charge < -0.3 is 9.26 Å². The van der Waals surface area contributed by atoms with Crippen LogP contribution >= 0.6 is 22.6 Å². The van der Waals surface area contributed by atoms with E-state index < -0.39 is 0 Å². The molecule has 1 unspecified atom stereocenters. The second kappa shape index (κ2) is 5.86. The number of nitrogens with zero attached hydrogens (tertiary/aromatic N) is 4. The van der Waals surface area contributed by atoms with Gasteiger partial charge in [-0.15, -0.1) is 0 Å². The molecule has 1 atom stereocenters. The Morgan fingerprint density at radius 2 is 2.13 bits per heavy atom. The van der Waals surface area contributed by atoms with Gasteiger partial charge in [-0.2, -0.15) is 5.10 Å². The number of fused-ring (bicyclic) bond motifs is 1. The molecule has 0 aromatic carbocycles. The van der Waals surface area contributed by atoms with Crippen LogP contribution in [0.3, 0.4) is 0 Å². The number of rotatable bonds is 2. The van der Waals surface area contributed by atoms with Gasteiger partial charge in [-0.05, 0) is 67.8 Å². The maximum absolute atomic E-state index is 5.89. The highest BCUT2D eigenvalue weighted by Crippen LogP contribution is 2.31. The Kier molecular flexibility index (Phi) is 3.84. The number of hydrogen-bond donors (Lipinski definition) is 0. The van der Waals surface area contributed by atoms with E-state index in [1.54, 1.807) is 0 Å². The van der Waals surface area contributed by atoms with Gasteiger partial charge in [0, 0.05) is 6.61 Å². The third kappa shape index (κ3) is 2.55. The maximum atomic E-state index is 5.89. The minimum atomic E-state index is -0.0258. The number of halogens is 1. The number of hydrogen-bond acceptors (Lipinski definition) is 5. The molecule has 0 saturated carbocycles. The second-order valence-electron chi connectivity index (χ2n) is 5.82. The summed E-state index contributed by atoms with van der Waals surface area (Å²) in [6.45, 7) is 4.63. The Bertz CT molecular complexity index is 845. The fraction of sp³-hybridized carbons (Fsp3) is 0.438. The van der Waals surface area contributed by atoms with Crippen molar-refractivity contribution in [1.82, 2.24) is 19.9 Å². The normalized spacial score (nSPS) is 18.7. The van der Waals surface area contributed by atoms with E-state index in [0.29, 0.717) is 0 Å². The van der Waals surface area contributed by atoms with Gasteiger partial charge in [0.1, 0.15) is 9.46 Å². The van der Waals surface area contributed by atoms with Gasteiger partial charge in [-0.25, -0.2) is 9.67 Å². The molecule has 0 amide bonds. The van der Waals surface area contributed by atoms with Crippen molar-refractivity contribution < 1.29 is 9.26 Å². The van der Waals surface area contributed by atoms with Crippen LogP contribution < -0.4 is 0 Å². The first-order chi connectivity index (χ1) is 11.1. The van der Waals surface area contributed by atoms with Crippen LogP contribution in [-0.2, 0) is 4.74 Å². The number of aryl methyl sites for hydroxylation is 2. The third-order valence-corrected chi connectivity index (χ3v) is 5.02. The molecule has 1 aliphatic heterocycles. The van der Waals surface area contributed by atoms with E-state index in [1.807, 2.05) is 24.6 Å². The van der Waals surface area contributed by atoms with Crippen LogP contribution in [0, 0.1) is 17.5 Å². The van der Waals surface area contributed by atoms with Crippen molar-refractivity contribution in [3.63, 3.8) is 0 Å². The molecular formula is C16H17IN4O2. The molecule has 0 bridgehead atoms. The summed E-state index contributed by atoms with van der Waals surface area (Å²) in [7, 11) is 0. The molecule has 3 aromatic heterocycles. The lowest BCUT2D eigenvalue weighted by Gasteiger charge is -2.23. The first kappa shape index (κ1) is 15.1. The largest absolute Gasteiger partial charge is 0.361 e. The van der Waals surface area contributed by atoms with Gasteiger partial charge in [-0.3, -0.25) is 0 Å². The van der Waals surface area contributed by atoms with Gasteiger partial charge in [0.05, 0.1) is 22.3 Å². The minimum absolute atomic E-state index is 0.0258. The summed E-state index contributed by atoms with van der Waals surface area (Å²) >= 11 is 2.26. The predicted molar refractivity (Wildman–Crippen MR) is 94.1 cm³/mol. The number of pyridine rings is 1. The van der Waals surface area contributed by atoms with Gasteiger partial charge in [0.15, 0.2) is 11.9 Å². The second-order valence-corrected chi connectivity index (χ2v) is 6.85. The molecular weight excluding hydrogens is 407 g/mol. The highest BCUT2D eigenvalue weighted by molar-refractivity contribution is 14.1. The zero-order valence-corrected chi connectivity index (χ0v) is 15.2. The van der Waals surface area contributed by atoms with E-state index in [-0.39, 0.29) is 6.23 Å². The van der Waals surface area contributed by atoms with E-state index in [1.165, 1.54) is 0 Å². The van der Waals surface area contributed by atoms with E-state index >= 15 is 0 Å². The van der Waals surface area contributed by atoms with Crippen molar-refractivity contribution in [2.24, 2.45) is 0 Å². The molecule has 0 N–H and O–H groups in total. The molecule has 7 heteroatoms. The molecule has 1 saturated heterocycles. The quantitative estimate of drug-likeness (QED) is 0.582. The minimum Gasteiger partial charge on any atom is -0.361 e. The van der Waals surface area contributed by atoms with E-state index in [2.05, 4.69) is 38.9 Å². The van der Waals surface area contributed by atoms with Crippen LogP contribution in [0.15, 0.2) is 16.7 Å². The van der Waals surface area contributed by atoms with Crippen LogP contribution in [-0.4, -0.2) is 26.5 Å². The average Bonchev–Trinajstić information content (AvgIpc) is 3.08. The van der Waals surface area contributed by atoms with Crippen molar-refractivity contribution in [2.75, 3.05) is 6.61 Å². The zero-order valence-electron chi connectivity index (χ0n) is 13.0. The summed E-state index contributed by atoms with van der Waals surface area (Å²) in [6, 6.07) is 4.07. The zero-order chi connectivity index (χ0) is 16.0. The highest BCUT2D eigenvalue weighted by atomic mass is 127. The monoisotopic (exact) mass is 424 g/mol. The van der Waals surface area contributed by atoms with Crippen molar-refractivity contribution in [3.8, 4) is 11.3 Å². The Morgan fingerprint density at radius 1 is 1.26 bits per heavy atom. The maximum Gasteiger partial charge on any atom is 0.162 e. The molecule has 3 aromatic rings. The Labute approximate surface area is 147 Å². The molecule has 4 heterocycles. The molecule has 0 spiro atoms. The predicted octanol–water partition coefficient (Wildman–Crippen LogP) is 4.01.